The van der Waals surface area contributed by atoms with Gasteiger partial charge in [-0.25, -0.2) is 0 Å². The zero-order chi connectivity index (χ0) is 6.81. The van der Waals surface area contributed by atoms with E-state index in [0.717, 1.165) is 13.1 Å². The molecule has 2 aliphatic rings. The standard InChI is InChI=1S/C9H13N/c1-2-4-8(3-1)5-9-6-10-7-9/h3,5,10H,1-2,4,6-7H2. The third-order valence-corrected chi connectivity index (χ3v) is 2.17. The smallest absolute Gasteiger partial charge is 0.0183 e. The molecule has 1 saturated heterocycles. The minimum absolute atomic E-state index is 1.12. The van der Waals surface area contributed by atoms with Crippen molar-refractivity contribution < 1.29 is 0 Å². The molecule has 0 aromatic heterocycles. The van der Waals surface area contributed by atoms with Crippen LogP contribution < -0.4 is 5.32 Å². The van der Waals surface area contributed by atoms with Crippen LogP contribution in [0.1, 0.15) is 19.3 Å². The molecule has 0 atom stereocenters. The maximum absolute atomic E-state index is 3.24. The van der Waals surface area contributed by atoms with Crippen LogP contribution in [-0.2, 0) is 0 Å². The van der Waals surface area contributed by atoms with Gasteiger partial charge in [0.1, 0.15) is 0 Å². The van der Waals surface area contributed by atoms with Crippen molar-refractivity contribution in [1.82, 2.24) is 5.32 Å². The highest BCUT2D eigenvalue weighted by Crippen LogP contribution is 2.20. The van der Waals surface area contributed by atoms with Crippen LogP contribution in [-0.4, -0.2) is 13.1 Å². The van der Waals surface area contributed by atoms with Crippen LogP contribution in [0, 0.1) is 0 Å². The predicted octanol–water partition coefficient (Wildman–Crippen LogP) is 1.63. The Balaban J connectivity index is 1.99. The number of rotatable bonds is 1. The second-order valence-electron chi connectivity index (χ2n) is 3.08. The molecule has 2 rings (SSSR count). The van der Waals surface area contributed by atoms with Gasteiger partial charge in [-0.15, -0.1) is 0 Å². The number of allylic oxidation sites excluding steroid dienone is 3. The summed E-state index contributed by atoms with van der Waals surface area (Å²) in [5, 5.41) is 3.24. The van der Waals surface area contributed by atoms with Crippen LogP contribution in [0.4, 0.5) is 0 Å². The summed E-state index contributed by atoms with van der Waals surface area (Å²) in [5.41, 5.74) is 3.14. The Hall–Kier alpha value is -0.560. The third-order valence-electron chi connectivity index (χ3n) is 2.17. The van der Waals surface area contributed by atoms with E-state index in [0.29, 0.717) is 0 Å². The van der Waals surface area contributed by atoms with Crippen molar-refractivity contribution >= 4 is 0 Å². The van der Waals surface area contributed by atoms with Gasteiger partial charge in [0.05, 0.1) is 0 Å². The maximum Gasteiger partial charge on any atom is 0.0183 e. The number of hydrogen-bond donors (Lipinski definition) is 1. The van der Waals surface area contributed by atoms with Gasteiger partial charge in [-0.2, -0.15) is 0 Å². The maximum atomic E-state index is 3.24. The van der Waals surface area contributed by atoms with Crippen LogP contribution >= 0.6 is 0 Å². The van der Waals surface area contributed by atoms with Gasteiger partial charge >= 0.3 is 0 Å². The van der Waals surface area contributed by atoms with Crippen molar-refractivity contribution in [2.45, 2.75) is 19.3 Å². The van der Waals surface area contributed by atoms with Gasteiger partial charge in [-0.3, -0.25) is 0 Å². The molecule has 1 aliphatic carbocycles. The monoisotopic (exact) mass is 135 g/mol. The molecule has 0 aromatic carbocycles. The summed E-state index contributed by atoms with van der Waals surface area (Å²) in [6.07, 6.45) is 8.71. The molecule has 1 aliphatic heterocycles. The van der Waals surface area contributed by atoms with Crippen molar-refractivity contribution in [3.8, 4) is 0 Å². The first-order valence-corrected chi connectivity index (χ1v) is 4.04. The molecule has 0 spiro atoms. The lowest BCUT2D eigenvalue weighted by molar-refractivity contribution is 0.667. The molecule has 1 N–H and O–H groups in total. The largest absolute Gasteiger partial charge is 0.309 e. The topological polar surface area (TPSA) is 12.0 Å². The summed E-state index contributed by atoms with van der Waals surface area (Å²) < 4.78 is 0. The Morgan fingerprint density at radius 1 is 1.40 bits per heavy atom. The highest BCUT2D eigenvalue weighted by Gasteiger charge is 2.08. The van der Waals surface area contributed by atoms with E-state index >= 15 is 0 Å². The molecule has 0 unspecified atom stereocenters. The first kappa shape index (κ1) is 6.17. The van der Waals surface area contributed by atoms with E-state index in [2.05, 4.69) is 17.5 Å². The fourth-order valence-corrected chi connectivity index (χ4v) is 1.46. The molecule has 10 heavy (non-hydrogen) atoms. The van der Waals surface area contributed by atoms with Crippen LogP contribution in [0.2, 0.25) is 0 Å². The Labute approximate surface area is 61.8 Å². The quantitative estimate of drug-likeness (QED) is 0.576. The molecule has 0 bridgehead atoms. The summed E-state index contributed by atoms with van der Waals surface area (Å²) in [7, 11) is 0. The average molecular weight is 135 g/mol. The lowest BCUT2D eigenvalue weighted by Gasteiger charge is -2.18. The van der Waals surface area contributed by atoms with E-state index in [1.54, 1.807) is 11.1 Å². The molecule has 0 radical (unpaired) electrons. The van der Waals surface area contributed by atoms with E-state index < -0.39 is 0 Å². The first-order valence-electron chi connectivity index (χ1n) is 4.04. The van der Waals surface area contributed by atoms with Crippen LogP contribution in [0.3, 0.4) is 0 Å². The van der Waals surface area contributed by atoms with Crippen molar-refractivity contribution in [2.24, 2.45) is 0 Å². The molecular weight excluding hydrogens is 122 g/mol. The molecule has 0 aromatic rings. The zero-order valence-corrected chi connectivity index (χ0v) is 6.19. The van der Waals surface area contributed by atoms with E-state index in [-0.39, 0.29) is 0 Å². The van der Waals surface area contributed by atoms with Gasteiger partial charge < -0.3 is 5.32 Å². The summed E-state index contributed by atoms with van der Waals surface area (Å²) in [5.74, 6) is 0. The van der Waals surface area contributed by atoms with Crippen LogP contribution in [0.5, 0.6) is 0 Å². The van der Waals surface area contributed by atoms with Gasteiger partial charge in [0, 0.05) is 13.1 Å². The molecular formula is C9H13N. The number of nitrogens with one attached hydrogen (secondary N) is 1. The molecule has 1 fully saturated rings. The molecule has 54 valence electrons. The molecule has 1 heteroatoms. The third kappa shape index (κ3) is 1.14. The van der Waals surface area contributed by atoms with E-state index in [1.165, 1.54) is 19.3 Å². The molecule has 0 amide bonds. The van der Waals surface area contributed by atoms with E-state index in [9.17, 15) is 0 Å². The summed E-state index contributed by atoms with van der Waals surface area (Å²) in [6, 6.07) is 0. The second kappa shape index (κ2) is 2.59. The lowest BCUT2D eigenvalue weighted by atomic mass is 10.1. The molecule has 0 saturated carbocycles. The SMILES string of the molecule is C1=C(C=C2CNC2)CCC1. The Bertz CT molecular complexity index is 183. The van der Waals surface area contributed by atoms with Gasteiger partial charge in [0.2, 0.25) is 0 Å². The number of hydrogen-bond acceptors (Lipinski definition) is 1. The van der Waals surface area contributed by atoms with Crippen molar-refractivity contribution in [2.75, 3.05) is 13.1 Å². The Kier molecular flexibility index (Phi) is 1.60. The minimum atomic E-state index is 1.12. The van der Waals surface area contributed by atoms with E-state index in [1.807, 2.05) is 0 Å². The predicted molar refractivity (Wildman–Crippen MR) is 42.9 cm³/mol. The molecule has 1 nitrogen and oxygen atoms in total. The highest BCUT2D eigenvalue weighted by atomic mass is 14.9. The Morgan fingerprint density at radius 2 is 2.30 bits per heavy atom. The summed E-state index contributed by atoms with van der Waals surface area (Å²) >= 11 is 0. The van der Waals surface area contributed by atoms with Gasteiger partial charge in [-0.1, -0.05) is 17.7 Å². The normalized spacial score (nSPS) is 24.0. The van der Waals surface area contributed by atoms with Crippen LogP contribution in [0.25, 0.3) is 0 Å². The van der Waals surface area contributed by atoms with Crippen LogP contribution in [0.15, 0.2) is 23.3 Å². The first-order chi connectivity index (χ1) is 4.95. The highest BCUT2D eigenvalue weighted by molar-refractivity contribution is 5.30. The minimum Gasteiger partial charge on any atom is -0.309 e. The van der Waals surface area contributed by atoms with Gasteiger partial charge in [-0.05, 0) is 24.8 Å². The molecule has 1 heterocycles. The average Bonchev–Trinajstić information content (AvgIpc) is 2.29. The zero-order valence-electron chi connectivity index (χ0n) is 6.19. The van der Waals surface area contributed by atoms with Gasteiger partial charge in [0.15, 0.2) is 0 Å². The van der Waals surface area contributed by atoms with Crippen molar-refractivity contribution in [1.29, 1.82) is 0 Å². The second-order valence-corrected chi connectivity index (χ2v) is 3.08. The summed E-state index contributed by atoms with van der Waals surface area (Å²) in [4.78, 5) is 0. The van der Waals surface area contributed by atoms with Crippen molar-refractivity contribution in [3.05, 3.63) is 23.3 Å². The fourth-order valence-electron chi connectivity index (χ4n) is 1.46. The Morgan fingerprint density at radius 3 is 2.80 bits per heavy atom. The fraction of sp³-hybridized carbons (Fsp3) is 0.556. The summed E-state index contributed by atoms with van der Waals surface area (Å²) in [6.45, 7) is 2.24. The van der Waals surface area contributed by atoms with E-state index in [4.69, 9.17) is 0 Å². The lowest BCUT2D eigenvalue weighted by Crippen LogP contribution is -2.33. The van der Waals surface area contributed by atoms with Gasteiger partial charge in [0.25, 0.3) is 0 Å². The van der Waals surface area contributed by atoms with Crippen molar-refractivity contribution in [3.63, 3.8) is 0 Å².